The molecule has 0 saturated heterocycles. The molecule has 0 saturated carbocycles. The fourth-order valence-corrected chi connectivity index (χ4v) is 1.24. The lowest BCUT2D eigenvalue weighted by molar-refractivity contribution is 0.199. The molecule has 13 heavy (non-hydrogen) atoms. The summed E-state index contributed by atoms with van der Waals surface area (Å²) in [4.78, 5) is 8.29. The van der Waals surface area contributed by atoms with Crippen LogP contribution < -0.4 is 0 Å². The molecule has 0 bridgehead atoms. The fourth-order valence-electron chi connectivity index (χ4n) is 1.24. The topological polar surface area (TPSA) is 46.0 Å². The van der Waals surface area contributed by atoms with Gasteiger partial charge in [-0.1, -0.05) is 6.07 Å². The van der Waals surface area contributed by atoms with E-state index in [0.717, 1.165) is 16.6 Å². The molecule has 66 valence electrons. The van der Waals surface area contributed by atoms with E-state index < -0.39 is 6.10 Å². The van der Waals surface area contributed by atoms with Gasteiger partial charge in [-0.3, -0.25) is 9.97 Å². The molecule has 0 aliphatic heterocycles. The average Bonchev–Trinajstić information content (AvgIpc) is 2.17. The second-order valence-corrected chi connectivity index (χ2v) is 2.98. The van der Waals surface area contributed by atoms with Crippen LogP contribution in [-0.4, -0.2) is 15.1 Å². The molecule has 0 aliphatic carbocycles. The Morgan fingerprint density at radius 3 is 2.54 bits per heavy atom. The van der Waals surface area contributed by atoms with E-state index in [0.29, 0.717) is 0 Å². The lowest BCUT2D eigenvalue weighted by Gasteiger charge is -2.04. The first-order valence-corrected chi connectivity index (χ1v) is 4.16. The highest BCUT2D eigenvalue weighted by molar-refractivity contribution is 5.74. The number of aliphatic hydroxyl groups excluding tert-OH is 1. The van der Waals surface area contributed by atoms with Gasteiger partial charge in [0.25, 0.3) is 0 Å². The Morgan fingerprint density at radius 1 is 1.15 bits per heavy atom. The third-order valence-electron chi connectivity index (χ3n) is 1.98. The predicted molar refractivity (Wildman–Crippen MR) is 50.2 cm³/mol. The molecule has 0 fully saturated rings. The lowest BCUT2D eigenvalue weighted by atomic mass is 10.1. The number of rotatable bonds is 1. The number of aliphatic hydroxyl groups is 1. The zero-order valence-electron chi connectivity index (χ0n) is 7.31. The van der Waals surface area contributed by atoms with E-state index in [1.807, 2.05) is 18.2 Å². The quantitative estimate of drug-likeness (QED) is 0.715. The van der Waals surface area contributed by atoms with E-state index >= 15 is 0 Å². The zero-order chi connectivity index (χ0) is 9.26. The normalized spacial score (nSPS) is 13.1. The molecule has 1 N–H and O–H groups in total. The summed E-state index contributed by atoms with van der Waals surface area (Å²) in [5, 5.41) is 9.33. The Balaban J connectivity index is 2.62. The van der Waals surface area contributed by atoms with Gasteiger partial charge in [-0.15, -0.1) is 0 Å². The van der Waals surface area contributed by atoms with Gasteiger partial charge in [0, 0.05) is 12.4 Å². The molecule has 1 atom stereocenters. The van der Waals surface area contributed by atoms with Gasteiger partial charge in [-0.05, 0) is 24.6 Å². The number of nitrogens with zero attached hydrogens (tertiary/aromatic N) is 2. The Labute approximate surface area is 76.1 Å². The van der Waals surface area contributed by atoms with Crippen LogP contribution in [0.15, 0.2) is 30.6 Å². The van der Waals surface area contributed by atoms with Gasteiger partial charge in [0.2, 0.25) is 0 Å². The first-order chi connectivity index (χ1) is 6.27. The summed E-state index contributed by atoms with van der Waals surface area (Å²) in [6.45, 7) is 1.73. The van der Waals surface area contributed by atoms with Crippen molar-refractivity contribution < 1.29 is 5.11 Å². The van der Waals surface area contributed by atoms with Crippen molar-refractivity contribution in [3.8, 4) is 0 Å². The summed E-state index contributed by atoms with van der Waals surface area (Å²) in [7, 11) is 0. The van der Waals surface area contributed by atoms with Crippen LogP contribution in [0.3, 0.4) is 0 Å². The third kappa shape index (κ3) is 1.51. The minimum atomic E-state index is -0.452. The predicted octanol–water partition coefficient (Wildman–Crippen LogP) is 1.68. The lowest BCUT2D eigenvalue weighted by Crippen LogP contribution is -1.91. The SMILES string of the molecule is C[C@@H](O)c1ccc2nccnc2c1. The molecule has 1 aromatic carbocycles. The molecule has 1 aromatic heterocycles. The van der Waals surface area contributed by atoms with E-state index in [-0.39, 0.29) is 0 Å². The molecule has 0 radical (unpaired) electrons. The van der Waals surface area contributed by atoms with Gasteiger partial charge < -0.3 is 5.11 Å². The summed E-state index contributed by atoms with van der Waals surface area (Å²) in [5.74, 6) is 0. The summed E-state index contributed by atoms with van der Waals surface area (Å²) in [5.41, 5.74) is 2.54. The second kappa shape index (κ2) is 3.11. The number of hydrogen-bond acceptors (Lipinski definition) is 3. The van der Waals surface area contributed by atoms with Crippen molar-refractivity contribution in [1.82, 2.24) is 9.97 Å². The molecular formula is C10H10N2O. The highest BCUT2D eigenvalue weighted by Crippen LogP contribution is 2.16. The van der Waals surface area contributed by atoms with Crippen LogP contribution >= 0.6 is 0 Å². The van der Waals surface area contributed by atoms with Crippen LogP contribution in [0, 0.1) is 0 Å². The molecule has 3 nitrogen and oxygen atoms in total. The van der Waals surface area contributed by atoms with Crippen LogP contribution in [0.2, 0.25) is 0 Å². The van der Waals surface area contributed by atoms with Gasteiger partial charge >= 0.3 is 0 Å². The van der Waals surface area contributed by atoms with E-state index in [4.69, 9.17) is 0 Å². The molecule has 0 spiro atoms. The monoisotopic (exact) mass is 174 g/mol. The number of hydrogen-bond donors (Lipinski definition) is 1. The minimum Gasteiger partial charge on any atom is -0.389 e. The smallest absolute Gasteiger partial charge is 0.0890 e. The first-order valence-electron chi connectivity index (χ1n) is 4.16. The Kier molecular flexibility index (Phi) is 1.94. The molecule has 2 rings (SSSR count). The van der Waals surface area contributed by atoms with Gasteiger partial charge in [0.05, 0.1) is 17.1 Å². The Hall–Kier alpha value is -1.48. The molecular weight excluding hydrogens is 164 g/mol. The second-order valence-electron chi connectivity index (χ2n) is 2.98. The summed E-state index contributed by atoms with van der Waals surface area (Å²) >= 11 is 0. The number of benzene rings is 1. The Bertz CT molecular complexity index is 426. The van der Waals surface area contributed by atoms with Crippen LogP contribution in [0.1, 0.15) is 18.6 Å². The van der Waals surface area contributed by atoms with Crippen molar-refractivity contribution in [1.29, 1.82) is 0 Å². The highest BCUT2D eigenvalue weighted by atomic mass is 16.3. The average molecular weight is 174 g/mol. The van der Waals surface area contributed by atoms with Gasteiger partial charge in [0.15, 0.2) is 0 Å². The maximum atomic E-state index is 9.33. The molecule has 1 heterocycles. The van der Waals surface area contributed by atoms with Gasteiger partial charge in [-0.2, -0.15) is 0 Å². The minimum absolute atomic E-state index is 0.452. The summed E-state index contributed by atoms with van der Waals surface area (Å²) < 4.78 is 0. The standard InChI is InChI=1S/C10H10N2O/c1-7(13)8-2-3-9-10(6-8)12-5-4-11-9/h2-7,13H,1H3/t7-/m1/s1. The van der Waals surface area contributed by atoms with Crippen molar-refractivity contribution in [3.05, 3.63) is 36.2 Å². The molecule has 0 aliphatic rings. The van der Waals surface area contributed by atoms with Crippen molar-refractivity contribution in [2.45, 2.75) is 13.0 Å². The van der Waals surface area contributed by atoms with E-state index in [2.05, 4.69) is 9.97 Å². The van der Waals surface area contributed by atoms with Crippen molar-refractivity contribution in [3.63, 3.8) is 0 Å². The van der Waals surface area contributed by atoms with Crippen LogP contribution in [0.5, 0.6) is 0 Å². The number of aromatic nitrogens is 2. The van der Waals surface area contributed by atoms with Crippen LogP contribution in [0.4, 0.5) is 0 Å². The van der Waals surface area contributed by atoms with Crippen LogP contribution in [0.25, 0.3) is 11.0 Å². The number of fused-ring (bicyclic) bond motifs is 1. The van der Waals surface area contributed by atoms with E-state index in [1.54, 1.807) is 19.3 Å². The van der Waals surface area contributed by atoms with Crippen LogP contribution in [-0.2, 0) is 0 Å². The van der Waals surface area contributed by atoms with Crippen molar-refractivity contribution in [2.75, 3.05) is 0 Å². The first kappa shape index (κ1) is 8.13. The van der Waals surface area contributed by atoms with E-state index in [9.17, 15) is 5.11 Å². The summed E-state index contributed by atoms with van der Waals surface area (Å²) in [6, 6.07) is 5.58. The van der Waals surface area contributed by atoms with E-state index in [1.165, 1.54) is 0 Å². The maximum absolute atomic E-state index is 9.33. The molecule has 0 unspecified atom stereocenters. The van der Waals surface area contributed by atoms with Gasteiger partial charge in [0.1, 0.15) is 0 Å². The molecule has 0 amide bonds. The third-order valence-corrected chi connectivity index (χ3v) is 1.98. The largest absolute Gasteiger partial charge is 0.389 e. The van der Waals surface area contributed by atoms with Crippen molar-refractivity contribution >= 4 is 11.0 Å². The van der Waals surface area contributed by atoms with Crippen molar-refractivity contribution in [2.24, 2.45) is 0 Å². The Morgan fingerprint density at radius 2 is 1.85 bits per heavy atom. The zero-order valence-corrected chi connectivity index (χ0v) is 7.31. The highest BCUT2D eigenvalue weighted by Gasteiger charge is 2.02. The summed E-state index contributed by atoms with van der Waals surface area (Å²) in [6.07, 6.45) is 2.85. The van der Waals surface area contributed by atoms with Gasteiger partial charge in [-0.25, -0.2) is 0 Å². The maximum Gasteiger partial charge on any atom is 0.0890 e. The fraction of sp³-hybridized carbons (Fsp3) is 0.200. The molecule has 2 aromatic rings. The molecule has 3 heteroatoms.